The largest absolute Gasteiger partial charge is 0.497 e. The van der Waals surface area contributed by atoms with Crippen LogP contribution >= 0.6 is 0 Å². The molecule has 0 spiro atoms. The van der Waals surface area contributed by atoms with Crippen LogP contribution in [0.1, 0.15) is 15.9 Å². The Hall–Kier alpha value is -2.60. The molecule has 0 saturated carbocycles. The minimum atomic E-state index is -0.149. The van der Waals surface area contributed by atoms with Gasteiger partial charge >= 0.3 is 0 Å². The molecule has 0 aliphatic heterocycles. The summed E-state index contributed by atoms with van der Waals surface area (Å²) < 4.78 is 10.0. The molecule has 2 N–H and O–H groups in total. The van der Waals surface area contributed by atoms with E-state index < -0.39 is 0 Å². The number of benzene rings is 1. The minimum absolute atomic E-state index is 0.149. The number of ether oxygens (including phenoxy) is 2. The Morgan fingerprint density at radius 3 is 2.50 bits per heavy atom. The van der Waals surface area contributed by atoms with Gasteiger partial charge in [-0.15, -0.1) is 0 Å². The molecule has 128 valence electrons. The molecule has 0 atom stereocenters. The Morgan fingerprint density at radius 1 is 1.08 bits per heavy atom. The molecule has 6 nitrogen and oxygen atoms in total. The summed E-state index contributed by atoms with van der Waals surface area (Å²) in [6, 6.07) is 11.5. The van der Waals surface area contributed by atoms with Crippen molar-refractivity contribution in [2.45, 2.75) is 6.42 Å². The van der Waals surface area contributed by atoms with Gasteiger partial charge in [0.25, 0.3) is 5.91 Å². The minimum Gasteiger partial charge on any atom is -0.497 e. The molecule has 0 bridgehead atoms. The Bertz CT molecular complexity index is 627. The molecule has 6 heteroatoms. The van der Waals surface area contributed by atoms with Gasteiger partial charge in [0.2, 0.25) is 0 Å². The Balaban J connectivity index is 1.77. The smallest absolute Gasteiger partial charge is 0.252 e. The number of pyridine rings is 1. The fraction of sp³-hybridized carbons (Fsp3) is 0.333. The van der Waals surface area contributed by atoms with Crippen LogP contribution in [0.3, 0.4) is 0 Å². The molecule has 0 saturated heterocycles. The predicted octanol–water partition coefficient (Wildman–Crippen LogP) is 2.12. The van der Waals surface area contributed by atoms with Gasteiger partial charge in [-0.05, 0) is 36.2 Å². The number of aromatic nitrogens is 1. The summed E-state index contributed by atoms with van der Waals surface area (Å²) in [4.78, 5) is 16.1. The number of rotatable bonds is 9. The molecule has 2 rings (SSSR count). The topological polar surface area (TPSA) is 72.5 Å². The van der Waals surface area contributed by atoms with E-state index >= 15 is 0 Å². The lowest BCUT2D eigenvalue weighted by molar-refractivity contribution is 0.0937. The molecule has 0 aliphatic carbocycles. The van der Waals surface area contributed by atoms with Crippen LogP contribution in [0, 0.1) is 0 Å². The van der Waals surface area contributed by atoms with Gasteiger partial charge in [0.05, 0.1) is 19.3 Å². The highest BCUT2D eigenvalue weighted by Gasteiger charge is 2.05. The lowest BCUT2D eigenvalue weighted by Gasteiger charge is -2.08. The van der Waals surface area contributed by atoms with Crippen LogP contribution in [0.4, 0.5) is 5.82 Å². The molecule has 1 amide bonds. The molecular formula is C18H23N3O3. The zero-order valence-electron chi connectivity index (χ0n) is 14.0. The van der Waals surface area contributed by atoms with Gasteiger partial charge in [0.1, 0.15) is 11.6 Å². The summed E-state index contributed by atoms with van der Waals surface area (Å²) in [5.74, 6) is 1.45. The van der Waals surface area contributed by atoms with Crippen LogP contribution in [0.25, 0.3) is 0 Å². The highest BCUT2D eigenvalue weighted by atomic mass is 16.5. The van der Waals surface area contributed by atoms with Crippen LogP contribution < -0.4 is 15.4 Å². The third-order valence-electron chi connectivity index (χ3n) is 3.50. The number of methoxy groups -OCH3 is 2. The number of amides is 1. The quantitative estimate of drug-likeness (QED) is 0.690. The molecule has 0 radical (unpaired) electrons. The normalized spacial score (nSPS) is 10.2. The van der Waals surface area contributed by atoms with Crippen molar-refractivity contribution >= 4 is 11.7 Å². The molecule has 0 unspecified atom stereocenters. The maximum Gasteiger partial charge on any atom is 0.252 e. The van der Waals surface area contributed by atoms with Crippen molar-refractivity contribution in [3.63, 3.8) is 0 Å². The second-order valence-corrected chi connectivity index (χ2v) is 5.21. The maximum atomic E-state index is 11.8. The number of nitrogens with one attached hydrogen (secondary N) is 2. The summed E-state index contributed by atoms with van der Waals surface area (Å²) in [6.07, 6.45) is 2.45. The number of nitrogens with zero attached hydrogens (tertiary/aromatic N) is 1. The Kier molecular flexibility index (Phi) is 7.04. The zero-order chi connectivity index (χ0) is 17.2. The maximum absolute atomic E-state index is 11.8. The molecule has 2 aromatic rings. The van der Waals surface area contributed by atoms with Gasteiger partial charge < -0.3 is 20.1 Å². The van der Waals surface area contributed by atoms with Crippen molar-refractivity contribution in [1.29, 1.82) is 0 Å². The van der Waals surface area contributed by atoms with Crippen LogP contribution in [0.5, 0.6) is 5.75 Å². The second kappa shape index (κ2) is 9.52. The van der Waals surface area contributed by atoms with Gasteiger partial charge in [-0.25, -0.2) is 4.98 Å². The average molecular weight is 329 g/mol. The molecule has 0 fully saturated rings. The second-order valence-electron chi connectivity index (χ2n) is 5.21. The van der Waals surface area contributed by atoms with Gasteiger partial charge in [-0.2, -0.15) is 0 Å². The Labute approximate surface area is 142 Å². The van der Waals surface area contributed by atoms with Crippen molar-refractivity contribution in [3.05, 3.63) is 53.7 Å². The summed E-state index contributed by atoms with van der Waals surface area (Å²) >= 11 is 0. The van der Waals surface area contributed by atoms with E-state index in [0.717, 1.165) is 24.5 Å². The van der Waals surface area contributed by atoms with Crippen molar-refractivity contribution in [3.8, 4) is 5.75 Å². The third kappa shape index (κ3) is 5.55. The fourth-order valence-corrected chi connectivity index (χ4v) is 2.13. The van der Waals surface area contributed by atoms with Gasteiger partial charge in [0, 0.05) is 26.4 Å². The zero-order valence-corrected chi connectivity index (χ0v) is 14.0. The summed E-state index contributed by atoms with van der Waals surface area (Å²) in [6.45, 7) is 1.74. The average Bonchev–Trinajstić information content (AvgIpc) is 2.63. The molecule has 0 aliphatic rings. The summed E-state index contributed by atoms with van der Waals surface area (Å²) in [7, 11) is 3.25. The number of hydrogen-bond acceptors (Lipinski definition) is 5. The monoisotopic (exact) mass is 329 g/mol. The van der Waals surface area contributed by atoms with E-state index in [2.05, 4.69) is 15.6 Å². The van der Waals surface area contributed by atoms with Crippen LogP contribution in [0.2, 0.25) is 0 Å². The first kappa shape index (κ1) is 17.7. The van der Waals surface area contributed by atoms with E-state index in [0.29, 0.717) is 18.7 Å². The van der Waals surface area contributed by atoms with E-state index in [-0.39, 0.29) is 5.91 Å². The number of carbonyl (C=O) groups excluding carboxylic acids is 1. The lowest BCUT2D eigenvalue weighted by Crippen LogP contribution is -2.27. The molecule has 1 aromatic carbocycles. The first-order chi connectivity index (χ1) is 11.7. The third-order valence-corrected chi connectivity index (χ3v) is 3.50. The van der Waals surface area contributed by atoms with Gasteiger partial charge in [0.15, 0.2) is 0 Å². The van der Waals surface area contributed by atoms with Crippen LogP contribution in [-0.2, 0) is 11.2 Å². The standard InChI is InChI=1S/C18H23N3O3/c1-23-12-11-20-18(22)15-5-8-17(21-13-15)19-10-9-14-3-6-16(24-2)7-4-14/h3-8,13H,9-12H2,1-2H3,(H,19,21)(H,20,22). The first-order valence-corrected chi connectivity index (χ1v) is 7.83. The van der Waals surface area contributed by atoms with Crippen molar-refractivity contribution < 1.29 is 14.3 Å². The SMILES string of the molecule is COCCNC(=O)c1ccc(NCCc2ccc(OC)cc2)nc1. The highest BCUT2D eigenvalue weighted by molar-refractivity contribution is 5.94. The van der Waals surface area contributed by atoms with Gasteiger partial charge in [-0.3, -0.25) is 4.79 Å². The van der Waals surface area contributed by atoms with E-state index in [1.807, 2.05) is 24.3 Å². The van der Waals surface area contributed by atoms with Crippen LogP contribution in [-0.4, -0.2) is 44.8 Å². The summed E-state index contributed by atoms with van der Waals surface area (Å²) in [5, 5.41) is 6.00. The van der Waals surface area contributed by atoms with Gasteiger partial charge in [-0.1, -0.05) is 12.1 Å². The first-order valence-electron chi connectivity index (χ1n) is 7.83. The highest BCUT2D eigenvalue weighted by Crippen LogP contribution is 2.12. The number of hydrogen-bond donors (Lipinski definition) is 2. The Morgan fingerprint density at radius 2 is 1.88 bits per heavy atom. The molecule has 24 heavy (non-hydrogen) atoms. The van der Waals surface area contributed by atoms with E-state index in [1.54, 1.807) is 32.5 Å². The molecular weight excluding hydrogens is 306 g/mol. The predicted molar refractivity (Wildman–Crippen MR) is 93.6 cm³/mol. The molecule has 1 aromatic heterocycles. The van der Waals surface area contributed by atoms with E-state index in [4.69, 9.17) is 9.47 Å². The van der Waals surface area contributed by atoms with Crippen molar-refractivity contribution in [2.75, 3.05) is 39.2 Å². The van der Waals surface area contributed by atoms with Crippen molar-refractivity contribution in [2.24, 2.45) is 0 Å². The van der Waals surface area contributed by atoms with E-state index in [1.165, 1.54) is 5.56 Å². The summed E-state index contributed by atoms with van der Waals surface area (Å²) in [5.41, 5.74) is 1.75. The molecule has 1 heterocycles. The van der Waals surface area contributed by atoms with E-state index in [9.17, 15) is 4.79 Å². The fourth-order valence-electron chi connectivity index (χ4n) is 2.13. The number of anilines is 1. The number of carbonyl (C=O) groups is 1. The van der Waals surface area contributed by atoms with Crippen molar-refractivity contribution in [1.82, 2.24) is 10.3 Å². The lowest BCUT2D eigenvalue weighted by atomic mass is 10.1. The van der Waals surface area contributed by atoms with Crippen LogP contribution in [0.15, 0.2) is 42.6 Å².